The summed E-state index contributed by atoms with van der Waals surface area (Å²) in [6.45, 7) is 5.02. The van der Waals surface area contributed by atoms with Crippen molar-refractivity contribution in [1.82, 2.24) is 24.7 Å². The van der Waals surface area contributed by atoms with Crippen molar-refractivity contribution in [2.45, 2.75) is 39.0 Å². The molecule has 0 bridgehead atoms. The van der Waals surface area contributed by atoms with E-state index >= 15 is 0 Å². The lowest BCUT2D eigenvalue weighted by molar-refractivity contribution is 0.0663. The van der Waals surface area contributed by atoms with Crippen LogP contribution in [0.5, 0.6) is 0 Å². The summed E-state index contributed by atoms with van der Waals surface area (Å²) >= 11 is 0. The second-order valence-corrected chi connectivity index (χ2v) is 6.77. The van der Waals surface area contributed by atoms with E-state index in [1.807, 2.05) is 13.0 Å². The first-order valence-corrected chi connectivity index (χ1v) is 8.89. The van der Waals surface area contributed by atoms with Gasteiger partial charge >= 0.3 is 0 Å². The molecule has 1 fully saturated rings. The molecule has 1 amide bonds. The number of piperidine rings is 1. The van der Waals surface area contributed by atoms with Crippen LogP contribution in [-0.4, -0.2) is 43.7 Å². The molecule has 0 aliphatic carbocycles. The Kier molecular flexibility index (Phi) is 4.10. The number of likely N-dealkylation sites (tertiary alicyclic amines) is 1. The number of aromatic amines is 1. The molecule has 8 heteroatoms. The molecule has 3 aromatic rings. The monoisotopic (exact) mass is 355 g/mol. The highest BCUT2D eigenvalue weighted by Gasteiger charge is 2.28. The van der Waals surface area contributed by atoms with Crippen molar-refractivity contribution in [3.63, 3.8) is 0 Å². The van der Waals surface area contributed by atoms with Gasteiger partial charge in [0.2, 0.25) is 5.76 Å². The van der Waals surface area contributed by atoms with Gasteiger partial charge in [-0.05, 0) is 26.2 Å². The molecule has 0 spiro atoms. The van der Waals surface area contributed by atoms with Crippen LogP contribution >= 0.6 is 0 Å². The third kappa shape index (κ3) is 2.91. The second-order valence-electron chi connectivity index (χ2n) is 6.77. The first-order chi connectivity index (χ1) is 12.5. The van der Waals surface area contributed by atoms with Crippen LogP contribution in [0.25, 0.3) is 5.65 Å². The molecule has 0 aromatic carbocycles. The van der Waals surface area contributed by atoms with E-state index in [-0.39, 0.29) is 23.1 Å². The van der Waals surface area contributed by atoms with Crippen molar-refractivity contribution in [2.24, 2.45) is 0 Å². The highest BCUT2D eigenvalue weighted by atomic mass is 16.5. The van der Waals surface area contributed by atoms with Crippen molar-refractivity contribution < 1.29 is 9.32 Å². The average Bonchev–Trinajstić information content (AvgIpc) is 3.27. The number of hydrogen-bond acceptors (Lipinski definition) is 5. The minimum atomic E-state index is -0.144. The summed E-state index contributed by atoms with van der Waals surface area (Å²) in [6.07, 6.45) is 2.55. The SMILES string of the molecule is CCc1cc(=O)n2[nH]c([C@@H]3CCCN(C(=O)c4cc(C)no4)C3)cc2n1. The molecule has 0 radical (unpaired) electrons. The Bertz CT molecular complexity index is 1020. The molecule has 1 saturated heterocycles. The molecule has 1 N–H and O–H groups in total. The van der Waals surface area contributed by atoms with Gasteiger partial charge in [-0.1, -0.05) is 12.1 Å². The predicted octanol–water partition coefficient (Wildman–Crippen LogP) is 1.90. The predicted molar refractivity (Wildman–Crippen MR) is 94.3 cm³/mol. The van der Waals surface area contributed by atoms with Crippen molar-refractivity contribution in [2.75, 3.05) is 13.1 Å². The fourth-order valence-corrected chi connectivity index (χ4v) is 3.48. The highest BCUT2D eigenvalue weighted by molar-refractivity contribution is 5.91. The Morgan fingerprint density at radius 1 is 1.38 bits per heavy atom. The smallest absolute Gasteiger partial charge is 0.292 e. The zero-order valence-corrected chi connectivity index (χ0v) is 14.9. The lowest BCUT2D eigenvalue weighted by Gasteiger charge is -2.31. The van der Waals surface area contributed by atoms with Crippen LogP contribution in [0, 0.1) is 6.92 Å². The number of nitrogens with zero attached hydrogens (tertiary/aromatic N) is 4. The molecule has 26 heavy (non-hydrogen) atoms. The van der Waals surface area contributed by atoms with Crippen LogP contribution in [0.2, 0.25) is 0 Å². The van der Waals surface area contributed by atoms with E-state index in [0.717, 1.165) is 24.2 Å². The van der Waals surface area contributed by atoms with Crippen LogP contribution < -0.4 is 5.56 Å². The van der Waals surface area contributed by atoms with Gasteiger partial charge < -0.3 is 9.42 Å². The molecule has 0 saturated carbocycles. The molecule has 4 rings (SSSR count). The molecule has 1 atom stereocenters. The third-order valence-electron chi connectivity index (χ3n) is 4.87. The molecule has 1 aliphatic rings. The van der Waals surface area contributed by atoms with Gasteiger partial charge in [0.25, 0.3) is 11.5 Å². The number of fused-ring (bicyclic) bond motifs is 1. The van der Waals surface area contributed by atoms with Crippen LogP contribution in [0.15, 0.2) is 27.5 Å². The summed E-state index contributed by atoms with van der Waals surface area (Å²) in [5.74, 6) is 0.253. The summed E-state index contributed by atoms with van der Waals surface area (Å²) in [6, 6.07) is 5.12. The number of carbonyl (C=O) groups excluding carboxylic acids is 1. The molecule has 1 aliphatic heterocycles. The minimum absolute atomic E-state index is 0.112. The van der Waals surface area contributed by atoms with Gasteiger partial charge in [0, 0.05) is 48.6 Å². The van der Waals surface area contributed by atoms with Gasteiger partial charge in [0.1, 0.15) is 0 Å². The topological polar surface area (TPSA) is 96.5 Å². The van der Waals surface area contributed by atoms with Crippen molar-refractivity contribution in [1.29, 1.82) is 0 Å². The van der Waals surface area contributed by atoms with Gasteiger partial charge in [-0.3, -0.25) is 14.7 Å². The number of H-pyrrole nitrogens is 1. The van der Waals surface area contributed by atoms with Crippen LogP contribution in [-0.2, 0) is 6.42 Å². The standard InChI is InChI=1S/C18H21N5O3/c1-3-13-8-17(24)23-16(19-13)9-14(20-23)12-5-4-6-22(10-12)18(25)15-7-11(2)21-26-15/h7-9,12,20H,3-6,10H2,1-2H3/t12-/m1/s1. The lowest BCUT2D eigenvalue weighted by atomic mass is 9.94. The normalized spacial score (nSPS) is 17.8. The van der Waals surface area contributed by atoms with Gasteiger partial charge in [-0.15, -0.1) is 0 Å². The maximum absolute atomic E-state index is 12.6. The number of carbonyl (C=O) groups is 1. The Morgan fingerprint density at radius 3 is 2.96 bits per heavy atom. The van der Waals surface area contributed by atoms with Crippen LogP contribution in [0.1, 0.15) is 53.3 Å². The summed E-state index contributed by atoms with van der Waals surface area (Å²) in [5, 5.41) is 6.95. The number of aromatic nitrogens is 4. The molecule has 8 nitrogen and oxygen atoms in total. The van der Waals surface area contributed by atoms with E-state index in [4.69, 9.17) is 4.52 Å². The van der Waals surface area contributed by atoms with Gasteiger partial charge in [0.15, 0.2) is 5.65 Å². The van der Waals surface area contributed by atoms with E-state index in [0.29, 0.717) is 30.9 Å². The Labute approximate surface area is 149 Å². The lowest BCUT2D eigenvalue weighted by Crippen LogP contribution is -2.39. The molecule has 3 aromatic heterocycles. The number of rotatable bonds is 3. The number of aryl methyl sites for hydroxylation is 2. The molecule has 136 valence electrons. The van der Waals surface area contributed by atoms with E-state index in [1.165, 1.54) is 4.52 Å². The molecular weight excluding hydrogens is 334 g/mol. The number of hydrogen-bond donors (Lipinski definition) is 1. The number of amides is 1. The summed E-state index contributed by atoms with van der Waals surface area (Å²) in [5.41, 5.74) is 2.91. The second kappa shape index (κ2) is 6.44. The summed E-state index contributed by atoms with van der Waals surface area (Å²) < 4.78 is 6.57. The maximum Gasteiger partial charge on any atom is 0.292 e. The minimum Gasteiger partial charge on any atom is -0.351 e. The fraction of sp³-hybridized carbons (Fsp3) is 0.444. The Balaban J connectivity index is 1.60. The van der Waals surface area contributed by atoms with Crippen LogP contribution in [0.3, 0.4) is 0 Å². The highest BCUT2D eigenvalue weighted by Crippen LogP contribution is 2.27. The molecule has 0 unspecified atom stereocenters. The van der Waals surface area contributed by atoms with Gasteiger partial charge in [-0.25, -0.2) is 9.50 Å². The van der Waals surface area contributed by atoms with Crippen molar-refractivity contribution in [3.05, 3.63) is 51.4 Å². The first kappa shape index (κ1) is 16.6. The maximum atomic E-state index is 12.6. The van der Waals surface area contributed by atoms with E-state index in [9.17, 15) is 9.59 Å². The van der Waals surface area contributed by atoms with Crippen molar-refractivity contribution >= 4 is 11.6 Å². The molecule has 4 heterocycles. The van der Waals surface area contributed by atoms with E-state index in [2.05, 4.69) is 15.2 Å². The zero-order valence-electron chi connectivity index (χ0n) is 14.9. The largest absolute Gasteiger partial charge is 0.351 e. The average molecular weight is 355 g/mol. The Hall–Kier alpha value is -2.90. The quantitative estimate of drug-likeness (QED) is 0.774. The first-order valence-electron chi connectivity index (χ1n) is 8.89. The summed E-state index contributed by atoms with van der Waals surface area (Å²) in [4.78, 5) is 31.1. The Morgan fingerprint density at radius 2 is 2.23 bits per heavy atom. The van der Waals surface area contributed by atoms with Crippen molar-refractivity contribution in [3.8, 4) is 0 Å². The third-order valence-corrected chi connectivity index (χ3v) is 4.87. The van der Waals surface area contributed by atoms with Gasteiger partial charge in [-0.2, -0.15) is 0 Å². The van der Waals surface area contributed by atoms with E-state index < -0.39 is 0 Å². The molecular formula is C18H21N5O3. The van der Waals surface area contributed by atoms with Gasteiger partial charge in [0.05, 0.1) is 5.69 Å². The number of nitrogens with one attached hydrogen (secondary N) is 1. The summed E-state index contributed by atoms with van der Waals surface area (Å²) in [7, 11) is 0. The fourth-order valence-electron chi connectivity index (χ4n) is 3.48. The van der Waals surface area contributed by atoms with E-state index in [1.54, 1.807) is 24.0 Å². The zero-order chi connectivity index (χ0) is 18.3. The van der Waals surface area contributed by atoms with Crippen LogP contribution in [0.4, 0.5) is 0 Å².